The van der Waals surface area contributed by atoms with Gasteiger partial charge in [0, 0.05) is 42.9 Å². The second kappa shape index (κ2) is 4.18. The Bertz CT molecular complexity index is 334. The van der Waals surface area contributed by atoms with Gasteiger partial charge in [0.25, 0.3) is 0 Å². The molecule has 14 heavy (non-hydrogen) atoms. The maximum absolute atomic E-state index is 11.6. The van der Waals surface area contributed by atoms with Crippen molar-refractivity contribution in [3.63, 3.8) is 0 Å². The minimum atomic E-state index is -0.792. The average Bonchev–Trinajstić information content (AvgIpc) is 2.44. The van der Waals surface area contributed by atoms with Gasteiger partial charge in [0.15, 0.2) is 0 Å². The van der Waals surface area contributed by atoms with Crippen LogP contribution < -0.4 is 5.32 Å². The zero-order valence-corrected chi connectivity index (χ0v) is 8.96. The molecule has 0 aliphatic carbocycles. The van der Waals surface area contributed by atoms with Crippen LogP contribution in [0.15, 0.2) is 6.20 Å². The fourth-order valence-electron chi connectivity index (χ4n) is 1.41. The lowest BCUT2D eigenvalue weighted by molar-refractivity contribution is 0.382. The number of nitrogens with one attached hydrogen (secondary N) is 1. The van der Waals surface area contributed by atoms with Crippen molar-refractivity contribution >= 4 is 10.8 Å². The van der Waals surface area contributed by atoms with Crippen LogP contribution in [0.25, 0.3) is 0 Å². The SMILES string of the molecule is Cn1cc(CS(=O)CC2CNC2)nn1. The third-order valence-corrected chi connectivity index (χ3v) is 3.71. The molecule has 2 heterocycles. The highest BCUT2D eigenvalue weighted by Crippen LogP contribution is 2.07. The summed E-state index contributed by atoms with van der Waals surface area (Å²) in [5.41, 5.74) is 0.818. The first-order valence-electron chi connectivity index (χ1n) is 4.65. The van der Waals surface area contributed by atoms with E-state index in [0.717, 1.165) is 24.5 Å². The van der Waals surface area contributed by atoms with E-state index in [9.17, 15) is 4.21 Å². The van der Waals surface area contributed by atoms with E-state index in [0.29, 0.717) is 11.7 Å². The molecular weight excluding hydrogens is 200 g/mol. The van der Waals surface area contributed by atoms with Crippen LogP contribution in [0.2, 0.25) is 0 Å². The average molecular weight is 214 g/mol. The molecule has 0 aromatic carbocycles. The van der Waals surface area contributed by atoms with Gasteiger partial charge >= 0.3 is 0 Å². The molecule has 6 heteroatoms. The Balaban J connectivity index is 1.81. The monoisotopic (exact) mass is 214 g/mol. The predicted octanol–water partition coefficient (Wildman–Crippen LogP) is -0.717. The van der Waals surface area contributed by atoms with Gasteiger partial charge in [-0.1, -0.05) is 5.21 Å². The van der Waals surface area contributed by atoms with Crippen LogP contribution in [0.1, 0.15) is 5.69 Å². The fourth-order valence-corrected chi connectivity index (χ4v) is 2.76. The third-order valence-electron chi connectivity index (χ3n) is 2.25. The molecular formula is C8H14N4OS. The molecule has 1 saturated heterocycles. The molecule has 0 spiro atoms. The Kier molecular flexibility index (Phi) is 2.93. The summed E-state index contributed by atoms with van der Waals surface area (Å²) in [5, 5.41) is 10.9. The van der Waals surface area contributed by atoms with Gasteiger partial charge in [-0.2, -0.15) is 0 Å². The summed E-state index contributed by atoms with van der Waals surface area (Å²) in [5.74, 6) is 1.90. The van der Waals surface area contributed by atoms with Crippen molar-refractivity contribution in [3.8, 4) is 0 Å². The van der Waals surface area contributed by atoms with E-state index in [1.54, 1.807) is 4.68 Å². The Morgan fingerprint density at radius 2 is 2.50 bits per heavy atom. The third kappa shape index (κ3) is 2.39. The van der Waals surface area contributed by atoms with Gasteiger partial charge in [-0.15, -0.1) is 5.10 Å². The Morgan fingerprint density at radius 3 is 3.00 bits per heavy atom. The van der Waals surface area contributed by atoms with Gasteiger partial charge in [-0.05, 0) is 5.92 Å². The van der Waals surface area contributed by atoms with E-state index in [1.165, 1.54) is 0 Å². The first kappa shape index (κ1) is 9.79. The summed E-state index contributed by atoms with van der Waals surface area (Å²) >= 11 is 0. The summed E-state index contributed by atoms with van der Waals surface area (Å²) in [7, 11) is 1.02. The molecule has 2 rings (SSSR count). The molecule has 1 unspecified atom stereocenters. The van der Waals surface area contributed by atoms with E-state index in [1.807, 2.05) is 13.2 Å². The lowest BCUT2D eigenvalue weighted by Crippen LogP contribution is -2.44. The molecule has 1 aliphatic heterocycles. The number of aromatic nitrogens is 3. The zero-order valence-electron chi connectivity index (χ0n) is 8.14. The molecule has 0 saturated carbocycles. The standard InChI is InChI=1S/C8H14N4OS/c1-12-4-8(10-11-12)6-14(13)5-7-2-9-3-7/h4,7,9H,2-3,5-6H2,1H3. The Hall–Kier alpha value is -0.750. The summed E-state index contributed by atoms with van der Waals surface area (Å²) in [6.07, 6.45) is 1.82. The van der Waals surface area contributed by atoms with E-state index in [-0.39, 0.29) is 0 Å². The van der Waals surface area contributed by atoms with Gasteiger partial charge in [-0.3, -0.25) is 8.89 Å². The number of nitrogens with zero attached hydrogens (tertiary/aromatic N) is 3. The highest BCUT2D eigenvalue weighted by atomic mass is 32.2. The predicted molar refractivity (Wildman–Crippen MR) is 54.1 cm³/mol. The second-order valence-electron chi connectivity index (χ2n) is 3.66. The quantitative estimate of drug-likeness (QED) is 0.719. The van der Waals surface area contributed by atoms with Gasteiger partial charge in [0.2, 0.25) is 0 Å². The van der Waals surface area contributed by atoms with Crippen LogP contribution in [0, 0.1) is 5.92 Å². The largest absolute Gasteiger partial charge is 0.316 e. The first-order valence-corrected chi connectivity index (χ1v) is 6.14. The van der Waals surface area contributed by atoms with Crippen LogP contribution in [0.3, 0.4) is 0 Å². The molecule has 78 valence electrons. The number of hydrogen-bond acceptors (Lipinski definition) is 4. The van der Waals surface area contributed by atoms with Crippen molar-refractivity contribution < 1.29 is 4.21 Å². The van der Waals surface area contributed by atoms with Gasteiger partial charge in [0.1, 0.15) is 0 Å². The fraction of sp³-hybridized carbons (Fsp3) is 0.750. The molecule has 1 aliphatic rings. The summed E-state index contributed by atoms with van der Waals surface area (Å²) in [4.78, 5) is 0. The van der Waals surface area contributed by atoms with Gasteiger partial charge in [-0.25, -0.2) is 0 Å². The second-order valence-corrected chi connectivity index (χ2v) is 5.16. The lowest BCUT2D eigenvalue weighted by Gasteiger charge is -2.26. The molecule has 1 atom stereocenters. The van der Waals surface area contributed by atoms with Crippen LogP contribution >= 0.6 is 0 Å². The summed E-state index contributed by atoms with van der Waals surface area (Å²) in [6.45, 7) is 2.01. The molecule has 1 aromatic heterocycles. The van der Waals surface area contributed by atoms with E-state index >= 15 is 0 Å². The van der Waals surface area contributed by atoms with Crippen molar-refractivity contribution in [1.29, 1.82) is 0 Å². The highest BCUT2D eigenvalue weighted by Gasteiger charge is 2.19. The molecule has 1 aromatic rings. The molecule has 0 amide bonds. The molecule has 1 N–H and O–H groups in total. The van der Waals surface area contributed by atoms with Crippen molar-refractivity contribution in [2.75, 3.05) is 18.8 Å². The normalized spacial score (nSPS) is 19.2. The Morgan fingerprint density at radius 1 is 1.71 bits per heavy atom. The smallest absolute Gasteiger partial charge is 0.0951 e. The van der Waals surface area contributed by atoms with Gasteiger partial charge < -0.3 is 5.32 Å². The topological polar surface area (TPSA) is 59.8 Å². The van der Waals surface area contributed by atoms with E-state index < -0.39 is 10.8 Å². The minimum Gasteiger partial charge on any atom is -0.316 e. The van der Waals surface area contributed by atoms with Crippen molar-refractivity contribution in [1.82, 2.24) is 20.3 Å². The van der Waals surface area contributed by atoms with Crippen molar-refractivity contribution in [2.45, 2.75) is 5.75 Å². The molecule has 5 nitrogen and oxygen atoms in total. The number of hydrogen-bond donors (Lipinski definition) is 1. The van der Waals surface area contributed by atoms with E-state index in [4.69, 9.17) is 0 Å². The van der Waals surface area contributed by atoms with E-state index in [2.05, 4.69) is 15.6 Å². The lowest BCUT2D eigenvalue weighted by atomic mass is 10.1. The zero-order chi connectivity index (χ0) is 9.97. The van der Waals surface area contributed by atoms with Gasteiger partial charge in [0.05, 0.1) is 11.4 Å². The molecule has 0 radical (unpaired) electrons. The number of rotatable bonds is 4. The van der Waals surface area contributed by atoms with Crippen LogP contribution in [-0.4, -0.2) is 38.0 Å². The molecule has 0 bridgehead atoms. The summed E-state index contributed by atoms with van der Waals surface area (Å²) < 4.78 is 13.3. The van der Waals surface area contributed by atoms with Crippen LogP contribution in [-0.2, 0) is 23.6 Å². The van der Waals surface area contributed by atoms with Crippen LogP contribution in [0.4, 0.5) is 0 Å². The number of aryl methyl sites for hydroxylation is 1. The molecule has 1 fully saturated rings. The Labute approximate surface area is 85.3 Å². The first-order chi connectivity index (χ1) is 6.74. The summed E-state index contributed by atoms with van der Waals surface area (Å²) in [6, 6.07) is 0. The van der Waals surface area contributed by atoms with Crippen molar-refractivity contribution in [3.05, 3.63) is 11.9 Å². The maximum atomic E-state index is 11.6. The highest BCUT2D eigenvalue weighted by molar-refractivity contribution is 7.84. The minimum absolute atomic E-state index is 0.532. The maximum Gasteiger partial charge on any atom is 0.0951 e. The van der Waals surface area contributed by atoms with Crippen molar-refractivity contribution in [2.24, 2.45) is 13.0 Å². The van der Waals surface area contributed by atoms with Crippen LogP contribution in [0.5, 0.6) is 0 Å².